The molecule has 0 spiro atoms. The number of carbonyl (C=O) groups is 1. The third kappa shape index (κ3) is 9.37. The Morgan fingerprint density at radius 1 is 0.821 bits per heavy atom. The van der Waals surface area contributed by atoms with E-state index in [0.29, 0.717) is 0 Å². The number of fused-ring (bicyclic) bond motifs is 6. The molecule has 2 heterocycles. The van der Waals surface area contributed by atoms with Gasteiger partial charge in [0.05, 0.1) is 5.76 Å². The van der Waals surface area contributed by atoms with Crippen molar-refractivity contribution in [1.82, 2.24) is 4.98 Å². The fourth-order valence-electron chi connectivity index (χ4n) is 8.85. The Morgan fingerprint density at radius 3 is 1.98 bits per heavy atom. The van der Waals surface area contributed by atoms with Crippen molar-refractivity contribution in [2.75, 3.05) is 0 Å². The number of rotatable bonds is 9. The van der Waals surface area contributed by atoms with Gasteiger partial charge in [0.2, 0.25) is 0 Å². The molecule has 0 saturated heterocycles. The van der Waals surface area contributed by atoms with Crippen molar-refractivity contribution < 1.29 is 34.4 Å². The molecule has 0 fully saturated rings. The Labute approximate surface area is 351 Å². The van der Waals surface area contributed by atoms with E-state index in [2.05, 4.69) is 118 Å². The zero-order chi connectivity index (χ0) is 40.7. The number of aromatic nitrogens is 1. The zero-order valence-electron chi connectivity index (χ0n) is 36.8. The summed E-state index contributed by atoms with van der Waals surface area (Å²) in [6.45, 7) is 31.6. The molecule has 0 atom stereocenters. The number of allylic oxidation sites excluding steroid dienone is 2. The molecule has 5 heteroatoms. The Kier molecular flexibility index (Phi) is 14.0. The molecule has 1 aliphatic carbocycles. The molecule has 305 valence electrons. The maximum absolute atomic E-state index is 11.7. The summed E-state index contributed by atoms with van der Waals surface area (Å²) in [6, 6.07) is 19.2. The van der Waals surface area contributed by atoms with E-state index in [1.54, 1.807) is 0 Å². The van der Waals surface area contributed by atoms with Gasteiger partial charge in [-0.05, 0) is 89.9 Å². The molecule has 0 bridgehead atoms. The van der Waals surface area contributed by atoms with E-state index in [9.17, 15) is 9.90 Å². The second-order valence-corrected chi connectivity index (χ2v) is 19.7. The molecule has 3 aromatic carbocycles. The van der Waals surface area contributed by atoms with Crippen LogP contribution in [-0.2, 0) is 47.6 Å². The molecular formula is C51H68IrNO3-. The molecule has 0 aliphatic heterocycles. The van der Waals surface area contributed by atoms with Gasteiger partial charge in [-0.25, -0.2) is 0 Å². The fraction of sp³-hybridized carbons (Fsp3) is 0.529. The first kappa shape index (κ1) is 45.4. The molecule has 0 saturated carbocycles. The minimum absolute atomic E-state index is 0. The monoisotopic (exact) mass is 935 g/mol. The quantitative estimate of drug-likeness (QED) is 0.0909. The SMILES string of the molecule is CC(C)(C)Cc1cc2c(oc3c(-c4[c-]c5ccccc5c(C(C)(C)C)c4)nccc32)c2c1C(C)(C)CCC2(C)C.CCC(CC)C(=O)/C=C(\O)C(CC)CC.[Ir]. The van der Waals surface area contributed by atoms with Gasteiger partial charge < -0.3 is 9.52 Å². The summed E-state index contributed by atoms with van der Waals surface area (Å²) in [6.07, 6.45) is 10.2. The first-order valence-corrected chi connectivity index (χ1v) is 21.0. The number of nitrogens with zero attached hydrogens (tertiary/aromatic N) is 1. The summed E-state index contributed by atoms with van der Waals surface area (Å²) in [4.78, 5) is 16.7. The zero-order valence-corrected chi connectivity index (χ0v) is 39.2. The topological polar surface area (TPSA) is 63.3 Å². The molecule has 0 unspecified atom stereocenters. The van der Waals surface area contributed by atoms with Gasteiger partial charge >= 0.3 is 0 Å². The second kappa shape index (κ2) is 17.3. The average molecular weight is 935 g/mol. The van der Waals surface area contributed by atoms with Crippen molar-refractivity contribution in [2.24, 2.45) is 17.3 Å². The van der Waals surface area contributed by atoms with E-state index >= 15 is 0 Å². The largest absolute Gasteiger partial charge is 0.512 e. The van der Waals surface area contributed by atoms with Crippen molar-refractivity contribution in [3.05, 3.63) is 88.8 Å². The minimum Gasteiger partial charge on any atom is -0.512 e. The van der Waals surface area contributed by atoms with Crippen LogP contribution < -0.4 is 0 Å². The van der Waals surface area contributed by atoms with Crippen LogP contribution >= 0.6 is 0 Å². The van der Waals surface area contributed by atoms with Crippen LogP contribution in [0.4, 0.5) is 0 Å². The number of pyridine rings is 1. The van der Waals surface area contributed by atoms with Gasteiger partial charge in [0.25, 0.3) is 0 Å². The first-order chi connectivity index (χ1) is 25.7. The van der Waals surface area contributed by atoms with Crippen molar-refractivity contribution in [1.29, 1.82) is 0 Å². The van der Waals surface area contributed by atoms with E-state index in [-0.39, 0.29) is 65.1 Å². The summed E-state index contributed by atoms with van der Waals surface area (Å²) in [5, 5.41) is 14.5. The van der Waals surface area contributed by atoms with Crippen LogP contribution in [0.2, 0.25) is 0 Å². The molecule has 1 radical (unpaired) electrons. The molecule has 1 aliphatic rings. The van der Waals surface area contributed by atoms with Gasteiger partial charge in [-0.3, -0.25) is 9.78 Å². The fourth-order valence-corrected chi connectivity index (χ4v) is 8.85. The molecular weight excluding hydrogens is 867 g/mol. The summed E-state index contributed by atoms with van der Waals surface area (Å²) in [5.41, 5.74) is 9.80. The minimum atomic E-state index is -0.0121. The van der Waals surface area contributed by atoms with Crippen LogP contribution in [0.15, 0.2) is 64.9 Å². The molecule has 56 heavy (non-hydrogen) atoms. The Morgan fingerprint density at radius 2 is 1.41 bits per heavy atom. The van der Waals surface area contributed by atoms with Crippen molar-refractivity contribution >= 4 is 38.5 Å². The molecule has 6 rings (SSSR count). The number of benzene rings is 3. The van der Waals surface area contributed by atoms with Gasteiger partial charge in [-0.15, -0.1) is 29.1 Å². The van der Waals surface area contributed by atoms with E-state index in [1.165, 1.54) is 45.5 Å². The molecule has 0 amide bonds. The van der Waals surface area contributed by atoms with Crippen molar-refractivity contribution in [2.45, 2.75) is 158 Å². The predicted octanol–water partition coefficient (Wildman–Crippen LogP) is 14.7. The van der Waals surface area contributed by atoms with Gasteiger partial charge in [0.15, 0.2) is 5.78 Å². The third-order valence-electron chi connectivity index (χ3n) is 12.1. The van der Waals surface area contributed by atoms with Crippen LogP contribution in [-0.4, -0.2) is 15.9 Å². The third-order valence-corrected chi connectivity index (χ3v) is 12.1. The number of hydrogen-bond acceptors (Lipinski definition) is 4. The van der Waals surface area contributed by atoms with E-state index in [4.69, 9.17) is 9.40 Å². The van der Waals surface area contributed by atoms with Gasteiger partial charge in [-0.2, -0.15) is 0 Å². The number of aliphatic hydroxyl groups excluding tert-OH is 1. The van der Waals surface area contributed by atoms with E-state index in [0.717, 1.165) is 71.7 Å². The number of aliphatic hydroxyl groups is 1. The Bertz CT molecular complexity index is 2200. The normalized spacial score (nSPS) is 15.5. The first-order valence-electron chi connectivity index (χ1n) is 21.0. The van der Waals surface area contributed by atoms with Gasteiger partial charge in [0.1, 0.15) is 11.2 Å². The van der Waals surface area contributed by atoms with Crippen LogP contribution in [0.25, 0.3) is 44.0 Å². The summed E-state index contributed by atoms with van der Waals surface area (Å²) < 4.78 is 7.01. The summed E-state index contributed by atoms with van der Waals surface area (Å²) in [7, 11) is 0. The number of hydrogen-bond donors (Lipinski definition) is 1. The summed E-state index contributed by atoms with van der Waals surface area (Å²) >= 11 is 0. The smallest absolute Gasteiger partial charge is 0.162 e. The number of carbonyl (C=O) groups excluding carboxylic acids is 1. The van der Waals surface area contributed by atoms with Crippen LogP contribution in [0, 0.1) is 23.3 Å². The van der Waals surface area contributed by atoms with Gasteiger partial charge in [-0.1, -0.05) is 126 Å². The van der Waals surface area contributed by atoms with Crippen molar-refractivity contribution in [3.63, 3.8) is 0 Å². The molecule has 1 N–H and O–H groups in total. The Balaban J connectivity index is 0.000000372. The van der Waals surface area contributed by atoms with Crippen molar-refractivity contribution in [3.8, 4) is 11.3 Å². The average Bonchev–Trinajstić information content (AvgIpc) is 3.48. The number of furan rings is 1. The standard InChI is InChI=1S/C38H44NO.C13H24O2.Ir/c1-35(2,3)22-25-20-28-27-15-18-39-32(24-19-23-13-11-12-14-26(23)29(21-24)36(4,5)6)34(27)40-33(28)31-30(25)37(7,8)16-17-38(31,9)10;1-5-10(6-2)12(14)9-13(15)11(7-3)8-4;/h11-15,18,20-21H,16-17,22H2,1-10H3;9-11,14H,5-8H2,1-4H3;/q-1;;/b;12-9-;. The maximum atomic E-state index is 11.7. The second-order valence-electron chi connectivity index (χ2n) is 19.7. The maximum Gasteiger partial charge on any atom is 0.162 e. The van der Waals surface area contributed by atoms with E-state index < -0.39 is 0 Å². The predicted molar refractivity (Wildman–Crippen MR) is 234 cm³/mol. The molecule has 4 nitrogen and oxygen atoms in total. The molecule has 5 aromatic rings. The van der Waals surface area contributed by atoms with Crippen LogP contribution in [0.3, 0.4) is 0 Å². The van der Waals surface area contributed by atoms with Crippen LogP contribution in [0.1, 0.15) is 158 Å². The van der Waals surface area contributed by atoms with Gasteiger partial charge in [0, 0.05) is 66.2 Å². The number of ketones is 1. The summed E-state index contributed by atoms with van der Waals surface area (Å²) in [5.74, 6) is 0.547. The van der Waals surface area contributed by atoms with E-state index in [1.807, 2.05) is 33.9 Å². The van der Waals surface area contributed by atoms with Crippen LogP contribution in [0.5, 0.6) is 0 Å². The Hall–Kier alpha value is -3.27. The molecule has 2 aromatic heterocycles.